The Bertz CT molecular complexity index is 1110. The second-order valence-corrected chi connectivity index (χ2v) is 10.2. The van der Waals surface area contributed by atoms with E-state index in [0.29, 0.717) is 19.7 Å². The Morgan fingerprint density at radius 1 is 0.714 bits per heavy atom. The first kappa shape index (κ1) is 24.1. The van der Waals surface area contributed by atoms with E-state index in [-0.39, 0.29) is 5.60 Å². The molecule has 1 atom stereocenters. The van der Waals surface area contributed by atoms with Crippen LogP contribution in [0.25, 0.3) is 0 Å². The maximum absolute atomic E-state index is 7.52. The molecule has 3 aromatic rings. The standard InChI is InChI=1S/C28H36N6O/c1-25(2)21-33(19-20-35-25)34-26(22-13-7-4-8-14-22,23-15-9-5-10-16-23)28(30,31)32(3)27(34,29)24-17-11-6-12-18-24/h4-18H,19-21,29-31H2,1-3H3. The van der Waals surface area contributed by atoms with Crippen molar-refractivity contribution in [2.45, 2.75) is 36.6 Å². The highest BCUT2D eigenvalue weighted by molar-refractivity contribution is 5.47. The van der Waals surface area contributed by atoms with Crippen LogP contribution in [0.4, 0.5) is 0 Å². The number of morpholine rings is 1. The third-order valence-electron chi connectivity index (χ3n) is 7.56. The Labute approximate surface area is 208 Å². The number of ether oxygens (including phenoxy) is 1. The molecule has 1 unspecified atom stereocenters. The maximum Gasteiger partial charge on any atom is 0.169 e. The number of nitrogens with two attached hydrogens (primary N) is 3. The van der Waals surface area contributed by atoms with Gasteiger partial charge in [0.05, 0.1) is 12.2 Å². The van der Waals surface area contributed by atoms with Gasteiger partial charge < -0.3 is 4.74 Å². The number of nitrogens with zero attached hydrogens (tertiary/aromatic N) is 3. The second-order valence-electron chi connectivity index (χ2n) is 10.2. The fourth-order valence-corrected chi connectivity index (χ4v) is 5.91. The molecule has 2 aliphatic heterocycles. The zero-order chi connectivity index (χ0) is 24.9. The maximum atomic E-state index is 7.52. The molecule has 3 aromatic carbocycles. The number of hydrogen-bond donors (Lipinski definition) is 3. The van der Waals surface area contributed by atoms with E-state index in [2.05, 4.69) is 48.1 Å². The van der Waals surface area contributed by atoms with Gasteiger partial charge in [0.25, 0.3) is 0 Å². The van der Waals surface area contributed by atoms with Crippen molar-refractivity contribution in [1.29, 1.82) is 0 Å². The first-order valence-electron chi connectivity index (χ1n) is 12.1. The second kappa shape index (κ2) is 8.50. The summed E-state index contributed by atoms with van der Waals surface area (Å²) in [5.74, 6) is -2.54. The van der Waals surface area contributed by atoms with Crippen molar-refractivity contribution in [3.63, 3.8) is 0 Å². The average Bonchev–Trinajstić information content (AvgIpc) is 3.01. The lowest BCUT2D eigenvalue weighted by Crippen LogP contribution is -2.73. The van der Waals surface area contributed by atoms with Crippen LogP contribution in [0.3, 0.4) is 0 Å². The lowest BCUT2D eigenvalue weighted by Gasteiger charge is -2.54. The Balaban J connectivity index is 1.88. The molecule has 0 amide bonds. The fourth-order valence-electron chi connectivity index (χ4n) is 5.91. The molecule has 7 heteroatoms. The van der Waals surface area contributed by atoms with Crippen LogP contribution in [0, 0.1) is 0 Å². The molecule has 0 spiro atoms. The Morgan fingerprint density at radius 2 is 1.17 bits per heavy atom. The van der Waals surface area contributed by atoms with E-state index in [9.17, 15) is 0 Å². The predicted molar refractivity (Wildman–Crippen MR) is 138 cm³/mol. The van der Waals surface area contributed by atoms with Crippen LogP contribution in [-0.2, 0) is 16.1 Å². The summed E-state index contributed by atoms with van der Waals surface area (Å²) < 4.78 is 6.10. The van der Waals surface area contributed by atoms with E-state index < -0.39 is 17.1 Å². The normalized spacial score (nSPS) is 26.6. The van der Waals surface area contributed by atoms with Crippen LogP contribution in [0.1, 0.15) is 30.5 Å². The van der Waals surface area contributed by atoms with Gasteiger partial charge in [0.1, 0.15) is 5.54 Å². The molecular weight excluding hydrogens is 436 g/mol. The third-order valence-corrected chi connectivity index (χ3v) is 7.56. The number of likely N-dealkylation sites (N-methyl/N-ethyl adjacent to an activating group) is 1. The van der Waals surface area contributed by atoms with Crippen molar-refractivity contribution >= 4 is 0 Å². The quantitative estimate of drug-likeness (QED) is 0.502. The Kier molecular flexibility index (Phi) is 5.85. The minimum absolute atomic E-state index is 0.373. The lowest BCUT2D eigenvalue weighted by molar-refractivity contribution is -0.223. The first-order valence-corrected chi connectivity index (χ1v) is 12.1. The first-order chi connectivity index (χ1) is 16.7. The molecule has 35 heavy (non-hydrogen) atoms. The molecule has 0 aliphatic carbocycles. The topological polar surface area (TPSA) is 97.0 Å². The molecule has 2 heterocycles. The van der Waals surface area contributed by atoms with Crippen molar-refractivity contribution in [1.82, 2.24) is 14.9 Å². The SMILES string of the molecule is CN1C(N)(c2ccccc2)N(N2CCOC(C)(C)C2)C(c2ccccc2)(c2ccccc2)C1(N)N. The van der Waals surface area contributed by atoms with Gasteiger partial charge >= 0.3 is 0 Å². The molecule has 6 N–H and O–H groups in total. The van der Waals surface area contributed by atoms with Gasteiger partial charge in [0, 0.05) is 18.7 Å². The van der Waals surface area contributed by atoms with Crippen LogP contribution in [0.5, 0.6) is 0 Å². The Morgan fingerprint density at radius 3 is 1.63 bits per heavy atom. The molecule has 0 saturated carbocycles. The monoisotopic (exact) mass is 472 g/mol. The fraction of sp³-hybridized carbons (Fsp3) is 0.357. The molecular formula is C28H36N6O. The van der Waals surface area contributed by atoms with Crippen molar-refractivity contribution in [2.24, 2.45) is 17.2 Å². The van der Waals surface area contributed by atoms with Gasteiger partial charge in [-0.25, -0.2) is 9.91 Å². The van der Waals surface area contributed by atoms with Gasteiger partial charge in [-0.05, 0) is 32.0 Å². The highest BCUT2D eigenvalue weighted by atomic mass is 16.5. The smallest absolute Gasteiger partial charge is 0.169 e. The lowest BCUT2D eigenvalue weighted by atomic mass is 9.77. The van der Waals surface area contributed by atoms with Crippen LogP contribution < -0.4 is 17.2 Å². The van der Waals surface area contributed by atoms with Gasteiger partial charge in [-0.1, -0.05) is 91.0 Å². The van der Waals surface area contributed by atoms with Crippen LogP contribution in [-0.4, -0.2) is 53.0 Å². The Hall–Kier alpha value is -2.62. The van der Waals surface area contributed by atoms with E-state index in [1.807, 2.05) is 78.7 Å². The summed E-state index contributed by atoms with van der Waals surface area (Å²) in [5, 5.41) is 4.51. The summed E-state index contributed by atoms with van der Waals surface area (Å²) in [4.78, 5) is 1.91. The van der Waals surface area contributed by atoms with E-state index in [1.165, 1.54) is 0 Å². The minimum Gasteiger partial charge on any atom is -0.373 e. The number of hydrazine groups is 1. The van der Waals surface area contributed by atoms with E-state index >= 15 is 0 Å². The predicted octanol–water partition coefficient (Wildman–Crippen LogP) is 2.54. The van der Waals surface area contributed by atoms with Crippen LogP contribution in [0.15, 0.2) is 91.0 Å². The van der Waals surface area contributed by atoms with Gasteiger partial charge in [0.15, 0.2) is 11.6 Å². The van der Waals surface area contributed by atoms with Gasteiger partial charge in [-0.15, -0.1) is 0 Å². The third kappa shape index (κ3) is 3.47. The molecule has 7 nitrogen and oxygen atoms in total. The van der Waals surface area contributed by atoms with Gasteiger partial charge in [-0.2, -0.15) is 5.01 Å². The summed E-state index contributed by atoms with van der Waals surface area (Å²) in [7, 11) is 1.92. The van der Waals surface area contributed by atoms with Crippen LogP contribution >= 0.6 is 0 Å². The summed E-state index contributed by atoms with van der Waals surface area (Å²) in [5.41, 5.74) is 23.5. The zero-order valence-corrected chi connectivity index (χ0v) is 20.8. The van der Waals surface area contributed by atoms with Crippen molar-refractivity contribution in [3.05, 3.63) is 108 Å². The summed E-state index contributed by atoms with van der Waals surface area (Å²) >= 11 is 0. The van der Waals surface area contributed by atoms with E-state index in [4.69, 9.17) is 21.9 Å². The summed E-state index contributed by atoms with van der Waals surface area (Å²) in [6, 6.07) is 30.5. The molecule has 0 bridgehead atoms. The van der Waals surface area contributed by atoms with Crippen molar-refractivity contribution in [2.75, 3.05) is 26.7 Å². The summed E-state index contributed by atoms with van der Waals surface area (Å²) in [6.45, 7) is 6.06. The minimum atomic E-state index is -1.39. The van der Waals surface area contributed by atoms with E-state index in [1.54, 1.807) is 0 Å². The molecule has 0 aromatic heterocycles. The number of hydrogen-bond acceptors (Lipinski definition) is 7. The van der Waals surface area contributed by atoms with Gasteiger partial charge in [-0.3, -0.25) is 17.2 Å². The van der Waals surface area contributed by atoms with Crippen molar-refractivity contribution in [3.8, 4) is 0 Å². The highest BCUT2D eigenvalue weighted by Gasteiger charge is 2.72. The zero-order valence-electron chi connectivity index (χ0n) is 20.8. The number of benzene rings is 3. The summed E-state index contributed by atoms with van der Waals surface area (Å²) in [6.07, 6.45) is 0. The van der Waals surface area contributed by atoms with Gasteiger partial charge in [0.2, 0.25) is 0 Å². The molecule has 2 saturated heterocycles. The molecule has 2 fully saturated rings. The van der Waals surface area contributed by atoms with Crippen molar-refractivity contribution < 1.29 is 4.74 Å². The van der Waals surface area contributed by atoms with Crippen LogP contribution in [0.2, 0.25) is 0 Å². The number of rotatable bonds is 4. The largest absolute Gasteiger partial charge is 0.373 e. The van der Waals surface area contributed by atoms with E-state index in [0.717, 1.165) is 16.7 Å². The molecule has 0 radical (unpaired) electrons. The molecule has 2 aliphatic rings. The molecule has 184 valence electrons. The average molecular weight is 473 g/mol. The molecule has 5 rings (SSSR count). The highest BCUT2D eigenvalue weighted by Crippen LogP contribution is 2.56.